The summed E-state index contributed by atoms with van der Waals surface area (Å²) in [6, 6.07) is 1.19. The van der Waals surface area contributed by atoms with E-state index < -0.39 is 27.4 Å². The van der Waals surface area contributed by atoms with Gasteiger partial charge in [0.2, 0.25) is 10.0 Å². The van der Waals surface area contributed by atoms with Crippen LogP contribution in [0.2, 0.25) is 0 Å². The first-order valence-corrected chi connectivity index (χ1v) is 9.37. The molecule has 132 valence electrons. The zero-order valence-corrected chi connectivity index (χ0v) is 14.2. The van der Waals surface area contributed by atoms with Gasteiger partial charge in [0.15, 0.2) is 5.76 Å². The Labute approximate surface area is 139 Å². The zero-order valence-electron chi connectivity index (χ0n) is 13.4. The monoisotopic (exact) mass is 356 g/mol. The third-order valence-corrected chi connectivity index (χ3v) is 6.75. The number of carbonyl (C=O) groups excluding carboxylic acids is 1. The lowest BCUT2D eigenvalue weighted by Gasteiger charge is -2.37. The van der Waals surface area contributed by atoms with Crippen molar-refractivity contribution < 1.29 is 27.5 Å². The summed E-state index contributed by atoms with van der Waals surface area (Å²) < 4.78 is 31.9. The normalized spacial score (nSPS) is 20.5. The Kier molecular flexibility index (Phi) is 4.16. The van der Waals surface area contributed by atoms with Crippen LogP contribution < -0.4 is 5.32 Å². The lowest BCUT2D eigenvalue weighted by Crippen LogP contribution is -2.59. The van der Waals surface area contributed by atoms with Crippen LogP contribution in [0.3, 0.4) is 0 Å². The van der Waals surface area contributed by atoms with Crippen LogP contribution in [0.25, 0.3) is 0 Å². The van der Waals surface area contributed by atoms with Crippen LogP contribution in [0.15, 0.2) is 15.4 Å². The van der Waals surface area contributed by atoms with E-state index in [1.54, 1.807) is 0 Å². The molecule has 1 saturated heterocycles. The van der Waals surface area contributed by atoms with Crippen LogP contribution in [-0.2, 0) is 14.8 Å². The van der Waals surface area contributed by atoms with E-state index in [0.29, 0.717) is 25.9 Å². The van der Waals surface area contributed by atoms with Crippen LogP contribution in [-0.4, -0.2) is 48.3 Å². The minimum atomic E-state index is -3.69. The molecule has 1 aromatic heterocycles. The molecule has 0 bridgehead atoms. The predicted molar refractivity (Wildman–Crippen MR) is 83.1 cm³/mol. The summed E-state index contributed by atoms with van der Waals surface area (Å²) in [7, 11) is -3.69. The molecule has 2 N–H and O–H groups in total. The topological polar surface area (TPSA) is 117 Å². The number of hydrogen-bond donors (Lipinski definition) is 2. The third kappa shape index (κ3) is 2.71. The zero-order chi connectivity index (χ0) is 17.5. The highest BCUT2D eigenvalue weighted by Crippen LogP contribution is 2.33. The molecule has 1 aliphatic heterocycles. The second-order valence-electron chi connectivity index (χ2n) is 6.34. The molecule has 1 saturated carbocycles. The number of amides is 1. The number of carboxylic acid groups (broad SMARTS) is 1. The van der Waals surface area contributed by atoms with Gasteiger partial charge in [-0.25, -0.2) is 13.2 Å². The number of aryl methyl sites for hydroxylation is 1. The van der Waals surface area contributed by atoms with Gasteiger partial charge in [-0.1, -0.05) is 0 Å². The molecule has 0 atom stereocenters. The summed E-state index contributed by atoms with van der Waals surface area (Å²) in [6.07, 6.45) is 3.05. The number of furan rings is 1. The lowest BCUT2D eigenvalue weighted by molar-refractivity contribution is -0.148. The maximum Gasteiger partial charge on any atom is 0.329 e. The van der Waals surface area contributed by atoms with Crippen molar-refractivity contribution in [2.24, 2.45) is 0 Å². The van der Waals surface area contributed by atoms with E-state index in [4.69, 9.17) is 4.42 Å². The van der Waals surface area contributed by atoms with Crippen LogP contribution in [0.4, 0.5) is 0 Å². The fraction of sp³-hybridized carbons (Fsp3) is 0.600. The van der Waals surface area contributed by atoms with Gasteiger partial charge in [-0.2, -0.15) is 4.31 Å². The Hall–Kier alpha value is -1.87. The van der Waals surface area contributed by atoms with Gasteiger partial charge in [0.25, 0.3) is 5.91 Å². The first-order valence-electron chi connectivity index (χ1n) is 7.93. The number of carboxylic acids is 1. The number of aliphatic carboxylic acids is 1. The molecule has 1 aliphatic carbocycles. The largest absolute Gasteiger partial charge is 0.480 e. The first kappa shape index (κ1) is 17.0. The molecule has 3 rings (SSSR count). The molecule has 0 radical (unpaired) electrons. The molecule has 0 unspecified atom stereocenters. The van der Waals surface area contributed by atoms with Crippen LogP contribution in [0.1, 0.15) is 48.4 Å². The van der Waals surface area contributed by atoms with Crippen molar-refractivity contribution in [3.8, 4) is 0 Å². The van der Waals surface area contributed by atoms with Crippen molar-refractivity contribution in [1.82, 2.24) is 9.62 Å². The van der Waals surface area contributed by atoms with E-state index in [1.807, 2.05) is 0 Å². The van der Waals surface area contributed by atoms with E-state index in [9.17, 15) is 23.1 Å². The van der Waals surface area contributed by atoms with E-state index in [0.717, 1.165) is 19.3 Å². The Morgan fingerprint density at radius 3 is 2.38 bits per heavy atom. The Balaban J connectivity index is 1.83. The van der Waals surface area contributed by atoms with Crippen LogP contribution in [0.5, 0.6) is 0 Å². The minimum Gasteiger partial charge on any atom is -0.480 e. The molecular formula is C15H20N2O6S. The van der Waals surface area contributed by atoms with Gasteiger partial charge in [-0.3, -0.25) is 4.79 Å². The van der Waals surface area contributed by atoms with Crippen LogP contribution >= 0.6 is 0 Å². The SMILES string of the molecule is Cc1oc(C(=O)NC2(C(=O)O)CCC2)cc1S(=O)(=O)N1CCCC1. The van der Waals surface area contributed by atoms with Gasteiger partial charge in [-0.05, 0) is 39.0 Å². The number of rotatable bonds is 5. The fourth-order valence-electron chi connectivity index (χ4n) is 3.10. The summed E-state index contributed by atoms with van der Waals surface area (Å²) in [5.41, 5.74) is -1.27. The highest BCUT2D eigenvalue weighted by molar-refractivity contribution is 7.89. The number of nitrogens with one attached hydrogen (secondary N) is 1. The van der Waals surface area contributed by atoms with Crippen molar-refractivity contribution >= 4 is 21.9 Å². The highest BCUT2D eigenvalue weighted by atomic mass is 32.2. The molecule has 0 aromatic carbocycles. The summed E-state index contributed by atoms with van der Waals surface area (Å²) in [5, 5.41) is 11.7. The summed E-state index contributed by atoms with van der Waals surface area (Å²) in [5.74, 6) is -1.85. The van der Waals surface area contributed by atoms with Crippen molar-refractivity contribution in [2.45, 2.75) is 49.5 Å². The minimum absolute atomic E-state index is 0.0347. The summed E-state index contributed by atoms with van der Waals surface area (Å²) in [4.78, 5) is 23.6. The number of nitrogens with zero attached hydrogens (tertiary/aromatic N) is 1. The second-order valence-corrected chi connectivity index (χ2v) is 8.24. The van der Waals surface area contributed by atoms with Crippen molar-refractivity contribution in [3.63, 3.8) is 0 Å². The van der Waals surface area contributed by atoms with E-state index in [2.05, 4.69) is 5.32 Å². The standard InChI is InChI=1S/C15H20N2O6S/c1-10-12(24(21,22)17-7-2-3-8-17)9-11(23-10)13(18)16-15(14(19)20)5-4-6-15/h9H,2-8H2,1H3,(H,16,18)(H,19,20). The number of carbonyl (C=O) groups is 2. The number of sulfonamides is 1. The molecule has 9 heteroatoms. The van der Waals surface area contributed by atoms with Gasteiger partial charge in [-0.15, -0.1) is 0 Å². The lowest BCUT2D eigenvalue weighted by atomic mass is 9.76. The molecule has 0 spiro atoms. The van der Waals surface area contributed by atoms with E-state index in [1.165, 1.54) is 17.3 Å². The maximum atomic E-state index is 12.6. The Morgan fingerprint density at radius 2 is 1.88 bits per heavy atom. The molecule has 2 aliphatic rings. The highest BCUT2D eigenvalue weighted by Gasteiger charge is 2.46. The smallest absolute Gasteiger partial charge is 0.329 e. The Morgan fingerprint density at radius 1 is 1.25 bits per heavy atom. The molecule has 24 heavy (non-hydrogen) atoms. The average molecular weight is 356 g/mol. The molecule has 2 fully saturated rings. The fourth-order valence-corrected chi connectivity index (χ4v) is 4.78. The first-order chi connectivity index (χ1) is 11.3. The average Bonchev–Trinajstić information content (AvgIpc) is 3.11. The summed E-state index contributed by atoms with van der Waals surface area (Å²) >= 11 is 0. The van der Waals surface area contributed by atoms with Gasteiger partial charge in [0.05, 0.1) is 0 Å². The Bertz CT molecular complexity index is 772. The van der Waals surface area contributed by atoms with Crippen molar-refractivity contribution in [2.75, 3.05) is 13.1 Å². The van der Waals surface area contributed by atoms with Crippen molar-refractivity contribution in [3.05, 3.63) is 17.6 Å². The quantitative estimate of drug-likeness (QED) is 0.816. The van der Waals surface area contributed by atoms with E-state index >= 15 is 0 Å². The van der Waals surface area contributed by atoms with Crippen molar-refractivity contribution in [1.29, 1.82) is 0 Å². The summed E-state index contributed by atoms with van der Waals surface area (Å²) in [6.45, 7) is 2.39. The molecule has 8 nitrogen and oxygen atoms in total. The molecule has 2 heterocycles. The molecular weight excluding hydrogens is 336 g/mol. The second kappa shape index (κ2) is 5.89. The number of hydrogen-bond acceptors (Lipinski definition) is 5. The van der Waals surface area contributed by atoms with E-state index in [-0.39, 0.29) is 16.4 Å². The van der Waals surface area contributed by atoms with Gasteiger partial charge >= 0.3 is 5.97 Å². The van der Waals surface area contributed by atoms with Gasteiger partial charge < -0.3 is 14.8 Å². The third-order valence-electron chi connectivity index (χ3n) is 4.75. The molecule has 1 aromatic rings. The molecule has 1 amide bonds. The predicted octanol–water partition coefficient (Wildman–Crippen LogP) is 1.11. The maximum absolute atomic E-state index is 12.6. The van der Waals surface area contributed by atoms with Gasteiger partial charge in [0, 0.05) is 19.2 Å². The van der Waals surface area contributed by atoms with Gasteiger partial charge in [0.1, 0.15) is 16.2 Å². The van der Waals surface area contributed by atoms with Crippen LogP contribution in [0, 0.1) is 6.92 Å².